The van der Waals surface area contributed by atoms with Gasteiger partial charge in [0.05, 0.1) is 25.5 Å². The number of aliphatic hydroxyl groups is 1. The number of likely N-dealkylation sites (tertiary alicyclic amines) is 1. The van der Waals surface area contributed by atoms with Gasteiger partial charge in [0.25, 0.3) is 0 Å². The lowest BCUT2D eigenvalue weighted by molar-refractivity contribution is -0.253. The van der Waals surface area contributed by atoms with Crippen molar-refractivity contribution in [3.8, 4) is 11.1 Å². The van der Waals surface area contributed by atoms with Gasteiger partial charge in [-0.15, -0.1) is 0 Å². The first kappa shape index (κ1) is 35.4. The van der Waals surface area contributed by atoms with E-state index in [1.165, 1.54) is 6.08 Å². The van der Waals surface area contributed by atoms with E-state index < -0.39 is 17.9 Å². The van der Waals surface area contributed by atoms with Gasteiger partial charge in [0.2, 0.25) is 5.91 Å². The zero-order valence-electron chi connectivity index (χ0n) is 29.3. The molecule has 3 aliphatic heterocycles. The van der Waals surface area contributed by atoms with E-state index in [4.69, 9.17) is 14.2 Å². The third-order valence-corrected chi connectivity index (χ3v) is 10.4. The van der Waals surface area contributed by atoms with E-state index in [2.05, 4.69) is 57.3 Å². The summed E-state index contributed by atoms with van der Waals surface area (Å²) < 4.78 is 18.3. The van der Waals surface area contributed by atoms with Crippen LogP contribution in [0.2, 0.25) is 0 Å². The largest absolute Gasteiger partial charge is 0.445 e. The summed E-state index contributed by atoms with van der Waals surface area (Å²) in [6.07, 6.45) is 2.36. The molecule has 3 saturated heterocycles. The van der Waals surface area contributed by atoms with Crippen LogP contribution in [-0.2, 0) is 32.2 Å². The highest BCUT2D eigenvalue weighted by Gasteiger charge is 2.50. The van der Waals surface area contributed by atoms with Gasteiger partial charge >= 0.3 is 6.09 Å². The normalized spacial score (nSPS) is 21.4. The topological polar surface area (TPSA) is 113 Å². The Morgan fingerprint density at radius 2 is 1.67 bits per heavy atom. The number of para-hydroxylation sites is 1. The number of nitrogens with one attached hydrogen (secondary N) is 2. The van der Waals surface area contributed by atoms with Crippen LogP contribution in [0.1, 0.15) is 53.9 Å². The molecule has 4 aromatic carbocycles. The fraction of sp³-hybridized carbons (Fsp3) is 0.333. The van der Waals surface area contributed by atoms with E-state index in [9.17, 15) is 14.7 Å². The summed E-state index contributed by atoms with van der Waals surface area (Å²) in [4.78, 5) is 29.8. The van der Waals surface area contributed by atoms with Crippen molar-refractivity contribution in [2.45, 2.75) is 56.5 Å². The molecular formula is C42H46N4O6. The third-order valence-electron chi connectivity index (χ3n) is 10.4. The molecule has 3 aliphatic rings. The minimum absolute atomic E-state index is 0.00954. The number of carbonyl (C=O) groups is 2. The monoisotopic (exact) mass is 702 g/mol. The lowest BCUT2D eigenvalue weighted by Gasteiger charge is -2.45. The van der Waals surface area contributed by atoms with E-state index in [0.717, 1.165) is 71.5 Å². The van der Waals surface area contributed by atoms with E-state index >= 15 is 0 Å². The quantitative estimate of drug-likeness (QED) is 0.158. The molecule has 2 amide bonds. The number of anilines is 1. The minimum Gasteiger partial charge on any atom is -0.445 e. The number of benzene rings is 4. The standard InChI is InChI=1S/C42H46N4O6/c1-2-23-50-41(49)43-26-31-7-6-8-35(24-31)32-15-17-34(18-16-32)39-51-37(25-38(52-39)33-13-11-30(28-47)12-14-33)27-45-21-19-42(20-22-45)40(48)44-29-46(42)36-9-4-3-5-10-36/h2-18,24,37-39,47H,1,19-23,25-29H2,(H,43,49)(H,44,48)/t37-,38+,39+/m1/s1. The summed E-state index contributed by atoms with van der Waals surface area (Å²) in [5.41, 5.74) is 6.37. The average molecular weight is 703 g/mol. The molecule has 270 valence electrons. The number of rotatable bonds is 11. The molecule has 0 unspecified atom stereocenters. The Morgan fingerprint density at radius 1 is 0.923 bits per heavy atom. The average Bonchev–Trinajstić information content (AvgIpc) is 3.51. The van der Waals surface area contributed by atoms with Crippen LogP contribution in [-0.4, -0.2) is 66.6 Å². The van der Waals surface area contributed by atoms with Crippen molar-refractivity contribution in [1.29, 1.82) is 0 Å². The number of aliphatic hydroxyl groups excluding tert-OH is 1. The number of hydrogen-bond donors (Lipinski definition) is 3. The first-order chi connectivity index (χ1) is 25.4. The van der Waals surface area contributed by atoms with Crippen LogP contribution in [0.4, 0.5) is 10.5 Å². The number of carbonyl (C=O) groups excluding carboxylic acids is 2. The van der Waals surface area contributed by atoms with Crippen molar-refractivity contribution in [2.24, 2.45) is 0 Å². The molecule has 3 heterocycles. The van der Waals surface area contributed by atoms with Gasteiger partial charge in [0.15, 0.2) is 6.29 Å². The van der Waals surface area contributed by atoms with E-state index in [0.29, 0.717) is 19.6 Å². The van der Waals surface area contributed by atoms with Gasteiger partial charge in [-0.25, -0.2) is 4.79 Å². The van der Waals surface area contributed by atoms with Gasteiger partial charge in [0, 0.05) is 43.9 Å². The predicted octanol–water partition coefficient (Wildman–Crippen LogP) is 6.23. The summed E-state index contributed by atoms with van der Waals surface area (Å²) in [5, 5.41) is 15.5. The van der Waals surface area contributed by atoms with Crippen LogP contribution in [0.3, 0.4) is 0 Å². The van der Waals surface area contributed by atoms with Gasteiger partial charge in [-0.05, 0) is 58.9 Å². The molecule has 52 heavy (non-hydrogen) atoms. The molecular weight excluding hydrogens is 656 g/mol. The number of piperidine rings is 1. The Balaban J connectivity index is 1.04. The second-order valence-corrected chi connectivity index (χ2v) is 13.7. The third kappa shape index (κ3) is 7.90. The van der Waals surface area contributed by atoms with Gasteiger partial charge in [-0.3, -0.25) is 4.79 Å². The Bertz CT molecular complexity index is 1830. The van der Waals surface area contributed by atoms with Gasteiger partial charge in [0.1, 0.15) is 12.1 Å². The SMILES string of the molecule is C=CCOC(=O)NCc1cccc(-c2ccc([C@H]3O[C@@H](CN4CCC5(CC4)C(=O)NCN5c4ccccc4)C[C@@H](c4ccc(CO)cc4)O3)cc2)c1. The summed E-state index contributed by atoms with van der Waals surface area (Å²) in [7, 11) is 0. The molecule has 3 atom stereocenters. The number of alkyl carbamates (subject to hydrolysis) is 1. The van der Waals surface area contributed by atoms with Crippen molar-refractivity contribution < 1.29 is 28.9 Å². The molecule has 0 aliphatic carbocycles. The van der Waals surface area contributed by atoms with E-state index in [-0.39, 0.29) is 31.3 Å². The maximum Gasteiger partial charge on any atom is 0.407 e. The second kappa shape index (κ2) is 16.1. The molecule has 1 spiro atoms. The molecule has 10 heteroatoms. The van der Waals surface area contributed by atoms with Crippen LogP contribution in [0, 0.1) is 0 Å². The lowest BCUT2D eigenvalue weighted by atomic mass is 9.85. The first-order valence-corrected chi connectivity index (χ1v) is 18.0. The van der Waals surface area contributed by atoms with Gasteiger partial charge in [-0.2, -0.15) is 0 Å². The van der Waals surface area contributed by atoms with Crippen LogP contribution in [0.5, 0.6) is 0 Å². The van der Waals surface area contributed by atoms with Gasteiger partial charge < -0.3 is 39.8 Å². The van der Waals surface area contributed by atoms with Crippen molar-refractivity contribution in [3.63, 3.8) is 0 Å². The highest BCUT2D eigenvalue weighted by atomic mass is 16.7. The highest BCUT2D eigenvalue weighted by Crippen LogP contribution is 2.40. The smallest absolute Gasteiger partial charge is 0.407 e. The summed E-state index contributed by atoms with van der Waals surface area (Å²) in [6, 6.07) is 34.4. The summed E-state index contributed by atoms with van der Waals surface area (Å²) in [6.45, 7) is 6.90. The fourth-order valence-corrected chi connectivity index (χ4v) is 7.51. The Labute approximate surface area is 305 Å². The zero-order chi connectivity index (χ0) is 35.9. The number of hydrogen-bond acceptors (Lipinski definition) is 8. The minimum atomic E-state index is -0.572. The molecule has 3 fully saturated rings. The van der Waals surface area contributed by atoms with Crippen LogP contribution >= 0.6 is 0 Å². The molecule has 0 bridgehead atoms. The summed E-state index contributed by atoms with van der Waals surface area (Å²) >= 11 is 0. The van der Waals surface area contributed by atoms with Crippen molar-refractivity contribution >= 4 is 17.7 Å². The predicted molar refractivity (Wildman–Crippen MR) is 199 cm³/mol. The Kier molecular flexibility index (Phi) is 11.0. The number of amides is 2. The molecule has 3 N–H and O–H groups in total. The Morgan fingerprint density at radius 3 is 2.40 bits per heavy atom. The van der Waals surface area contributed by atoms with Crippen molar-refractivity contribution in [3.05, 3.63) is 138 Å². The molecule has 0 aromatic heterocycles. The fourth-order valence-electron chi connectivity index (χ4n) is 7.51. The first-order valence-electron chi connectivity index (χ1n) is 18.0. The Hall–Kier alpha value is -5.00. The number of ether oxygens (including phenoxy) is 3. The number of nitrogens with zero attached hydrogens (tertiary/aromatic N) is 2. The van der Waals surface area contributed by atoms with E-state index in [1.807, 2.05) is 72.8 Å². The molecule has 7 rings (SSSR count). The second-order valence-electron chi connectivity index (χ2n) is 13.7. The lowest BCUT2D eigenvalue weighted by Crippen LogP contribution is -2.57. The van der Waals surface area contributed by atoms with Gasteiger partial charge in [-0.1, -0.05) is 97.6 Å². The molecule has 4 aromatic rings. The molecule has 0 saturated carbocycles. The summed E-state index contributed by atoms with van der Waals surface area (Å²) in [5.74, 6) is 0.112. The van der Waals surface area contributed by atoms with E-state index in [1.54, 1.807) is 0 Å². The van der Waals surface area contributed by atoms with Crippen LogP contribution in [0.15, 0.2) is 116 Å². The van der Waals surface area contributed by atoms with Crippen molar-refractivity contribution in [2.75, 3.05) is 37.8 Å². The highest BCUT2D eigenvalue weighted by molar-refractivity contribution is 5.93. The molecule has 0 radical (unpaired) electrons. The maximum absolute atomic E-state index is 13.2. The maximum atomic E-state index is 13.2. The van der Waals surface area contributed by atoms with Crippen LogP contribution < -0.4 is 15.5 Å². The molecule has 10 nitrogen and oxygen atoms in total. The zero-order valence-corrected chi connectivity index (χ0v) is 29.3. The van der Waals surface area contributed by atoms with Crippen LogP contribution in [0.25, 0.3) is 11.1 Å². The van der Waals surface area contributed by atoms with Crippen molar-refractivity contribution in [1.82, 2.24) is 15.5 Å².